The standard InChI is InChI=1S/C23H22N6O3S/c1-2-32-22(31)15-13-33-20-18(15)19(26-23(24)27-20)28-9-11-29(12-10-28)21(30)17-8-7-14-5-3-4-6-16(14)25-17/h3-8,13H,2,9-12H2,1H3,(H2,24,26,27). The third-order valence-electron chi connectivity index (χ3n) is 5.61. The molecule has 0 atom stereocenters. The molecule has 33 heavy (non-hydrogen) atoms. The summed E-state index contributed by atoms with van der Waals surface area (Å²) in [4.78, 5) is 43.2. The van der Waals surface area contributed by atoms with Crippen molar-refractivity contribution in [3.63, 3.8) is 0 Å². The average molecular weight is 463 g/mol. The summed E-state index contributed by atoms with van der Waals surface area (Å²) in [6, 6.07) is 11.4. The number of thiophene rings is 1. The fourth-order valence-electron chi connectivity index (χ4n) is 4.00. The summed E-state index contributed by atoms with van der Waals surface area (Å²) in [7, 11) is 0. The number of para-hydroxylation sites is 1. The van der Waals surface area contributed by atoms with Crippen molar-refractivity contribution in [1.29, 1.82) is 0 Å². The lowest BCUT2D eigenvalue weighted by Gasteiger charge is -2.35. The molecule has 0 spiro atoms. The molecule has 1 fully saturated rings. The molecular formula is C23H22N6O3S. The highest BCUT2D eigenvalue weighted by atomic mass is 32.1. The Balaban J connectivity index is 1.38. The number of anilines is 2. The number of pyridine rings is 1. The molecule has 0 saturated carbocycles. The first kappa shape index (κ1) is 21.1. The van der Waals surface area contributed by atoms with Crippen LogP contribution in [0.15, 0.2) is 41.8 Å². The number of ether oxygens (including phenoxy) is 1. The van der Waals surface area contributed by atoms with Crippen LogP contribution in [0.25, 0.3) is 21.1 Å². The van der Waals surface area contributed by atoms with Crippen molar-refractivity contribution in [3.05, 3.63) is 53.0 Å². The number of carbonyl (C=O) groups is 2. The number of nitrogens with zero attached hydrogens (tertiary/aromatic N) is 5. The number of esters is 1. The number of rotatable bonds is 4. The van der Waals surface area contributed by atoms with Crippen LogP contribution in [0.1, 0.15) is 27.8 Å². The van der Waals surface area contributed by atoms with E-state index in [0.29, 0.717) is 53.5 Å². The maximum absolute atomic E-state index is 13.1. The van der Waals surface area contributed by atoms with Crippen molar-refractivity contribution in [2.75, 3.05) is 43.4 Å². The third kappa shape index (κ3) is 3.93. The molecule has 1 aromatic carbocycles. The molecule has 1 saturated heterocycles. The molecule has 3 aromatic heterocycles. The van der Waals surface area contributed by atoms with Crippen LogP contribution in [0, 0.1) is 0 Å². The molecule has 0 bridgehead atoms. The molecule has 0 radical (unpaired) electrons. The number of nitrogens with two attached hydrogens (primary N) is 1. The highest BCUT2D eigenvalue weighted by Gasteiger charge is 2.27. The van der Waals surface area contributed by atoms with E-state index >= 15 is 0 Å². The Morgan fingerprint density at radius 3 is 2.64 bits per heavy atom. The number of nitrogen functional groups attached to an aromatic ring is 1. The van der Waals surface area contributed by atoms with Crippen molar-refractivity contribution < 1.29 is 14.3 Å². The smallest absolute Gasteiger partial charge is 0.339 e. The van der Waals surface area contributed by atoms with Crippen LogP contribution in [0.4, 0.5) is 11.8 Å². The van der Waals surface area contributed by atoms with Gasteiger partial charge in [-0.3, -0.25) is 4.79 Å². The molecule has 4 heterocycles. The van der Waals surface area contributed by atoms with E-state index in [1.807, 2.05) is 35.2 Å². The number of aromatic nitrogens is 3. The molecule has 1 aliphatic rings. The lowest BCUT2D eigenvalue weighted by molar-refractivity contribution is 0.0529. The van der Waals surface area contributed by atoms with Gasteiger partial charge in [-0.15, -0.1) is 11.3 Å². The monoisotopic (exact) mass is 462 g/mol. The number of benzene rings is 1. The van der Waals surface area contributed by atoms with Gasteiger partial charge in [-0.05, 0) is 19.1 Å². The molecular weight excluding hydrogens is 440 g/mol. The fraction of sp³-hybridized carbons (Fsp3) is 0.261. The van der Waals surface area contributed by atoms with E-state index in [1.165, 1.54) is 11.3 Å². The predicted octanol–water partition coefficient (Wildman–Crippen LogP) is 2.96. The highest BCUT2D eigenvalue weighted by molar-refractivity contribution is 7.17. The Hall–Kier alpha value is -3.79. The van der Waals surface area contributed by atoms with Gasteiger partial charge in [0.15, 0.2) is 0 Å². The zero-order chi connectivity index (χ0) is 22.9. The van der Waals surface area contributed by atoms with Crippen LogP contribution in [-0.2, 0) is 4.74 Å². The zero-order valence-electron chi connectivity index (χ0n) is 18.0. The van der Waals surface area contributed by atoms with E-state index in [4.69, 9.17) is 10.5 Å². The van der Waals surface area contributed by atoms with Gasteiger partial charge < -0.3 is 20.3 Å². The van der Waals surface area contributed by atoms with Crippen molar-refractivity contribution in [1.82, 2.24) is 19.9 Å². The minimum absolute atomic E-state index is 0.101. The lowest BCUT2D eigenvalue weighted by atomic mass is 10.2. The summed E-state index contributed by atoms with van der Waals surface area (Å²) in [5.41, 5.74) is 7.60. The van der Waals surface area contributed by atoms with E-state index in [2.05, 4.69) is 15.0 Å². The van der Waals surface area contributed by atoms with Gasteiger partial charge in [0.2, 0.25) is 5.95 Å². The van der Waals surface area contributed by atoms with Gasteiger partial charge in [0.05, 0.1) is 23.1 Å². The molecule has 168 valence electrons. The van der Waals surface area contributed by atoms with E-state index in [9.17, 15) is 9.59 Å². The van der Waals surface area contributed by atoms with Crippen molar-refractivity contribution in [2.45, 2.75) is 6.92 Å². The minimum Gasteiger partial charge on any atom is -0.462 e. The van der Waals surface area contributed by atoms with Gasteiger partial charge in [-0.2, -0.15) is 4.98 Å². The van der Waals surface area contributed by atoms with Crippen molar-refractivity contribution in [2.24, 2.45) is 0 Å². The molecule has 10 heteroatoms. The van der Waals surface area contributed by atoms with Gasteiger partial charge in [0.25, 0.3) is 5.91 Å². The molecule has 2 N–H and O–H groups in total. The molecule has 0 unspecified atom stereocenters. The second-order valence-electron chi connectivity index (χ2n) is 7.62. The second-order valence-corrected chi connectivity index (χ2v) is 8.48. The molecule has 1 aliphatic heterocycles. The topological polar surface area (TPSA) is 115 Å². The number of fused-ring (bicyclic) bond motifs is 2. The Morgan fingerprint density at radius 1 is 1.06 bits per heavy atom. The van der Waals surface area contributed by atoms with E-state index < -0.39 is 5.97 Å². The number of amides is 1. The van der Waals surface area contributed by atoms with Crippen LogP contribution in [-0.4, -0.2) is 64.5 Å². The summed E-state index contributed by atoms with van der Waals surface area (Å²) in [6.45, 7) is 4.13. The van der Waals surface area contributed by atoms with Crippen LogP contribution in [0.5, 0.6) is 0 Å². The maximum Gasteiger partial charge on any atom is 0.339 e. The lowest BCUT2D eigenvalue weighted by Crippen LogP contribution is -2.49. The second kappa shape index (κ2) is 8.62. The largest absolute Gasteiger partial charge is 0.462 e. The minimum atomic E-state index is -0.408. The van der Waals surface area contributed by atoms with Gasteiger partial charge in [-0.25, -0.2) is 14.8 Å². The first-order chi connectivity index (χ1) is 16.0. The first-order valence-corrected chi connectivity index (χ1v) is 11.5. The van der Waals surface area contributed by atoms with Crippen molar-refractivity contribution >= 4 is 56.1 Å². The summed E-state index contributed by atoms with van der Waals surface area (Å²) in [5.74, 6) is 0.233. The SMILES string of the molecule is CCOC(=O)c1csc2nc(N)nc(N3CCN(C(=O)c4ccc5ccccc5n4)CC3)c12. The number of hydrogen-bond acceptors (Lipinski definition) is 9. The fourth-order valence-corrected chi connectivity index (χ4v) is 4.90. The normalized spacial score (nSPS) is 14.1. The molecule has 9 nitrogen and oxygen atoms in total. The molecule has 0 aliphatic carbocycles. The zero-order valence-corrected chi connectivity index (χ0v) is 18.8. The average Bonchev–Trinajstić information content (AvgIpc) is 3.27. The van der Waals surface area contributed by atoms with E-state index in [-0.39, 0.29) is 18.5 Å². The van der Waals surface area contributed by atoms with Crippen molar-refractivity contribution in [3.8, 4) is 0 Å². The summed E-state index contributed by atoms with van der Waals surface area (Å²) >= 11 is 1.33. The summed E-state index contributed by atoms with van der Waals surface area (Å²) in [5, 5.41) is 3.37. The van der Waals surface area contributed by atoms with E-state index in [0.717, 1.165) is 10.9 Å². The van der Waals surface area contributed by atoms with Gasteiger partial charge >= 0.3 is 5.97 Å². The maximum atomic E-state index is 13.1. The number of piperazine rings is 1. The molecule has 4 aromatic rings. The first-order valence-electron chi connectivity index (χ1n) is 10.7. The summed E-state index contributed by atoms with van der Waals surface area (Å²) < 4.78 is 5.20. The van der Waals surface area contributed by atoms with Crippen LogP contribution in [0.3, 0.4) is 0 Å². The molecule has 1 amide bonds. The Kier molecular flexibility index (Phi) is 5.51. The van der Waals surface area contributed by atoms with E-state index in [1.54, 1.807) is 23.3 Å². The Labute approximate surface area is 193 Å². The number of carbonyl (C=O) groups excluding carboxylic acids is 2. The quantitative estimate of drug-likeness (QED) is 0.461. The highest BCUT2D eigenvalue weighted by Crippen LogP contribution is 2.33. The Bertz CT molecular complexity index is 1360. The number of hydrogen-bond donors (Lipinski definition) is 1. The van der Waals surface area contributed by atoms with Crippen LogP contribution < -0.4 is 10.6 Å². The van der Waals surface area contributed by atoms with Crippen LogP contribution >= 0.6 is 11.3 Å². The van der Waals surface area contributed by atoms with Gasteiger partial charge in [0, 0.05) is 36.9 Å². The van der Waals surface area contributed by atoms with Gasteiger partial charge in [0.1, 0.15) is 16.3 Å². The summed E-state index contributed by atoms with van der Waals surface area (Å²) in [6.07, 6.45) is 0. The van der Waals surface area contributed by atoms with Gasteiger partial charge in [-0.1, -0.05) is 24.3 Å². The molecule has 5 rings (SSSR count). The predicted molar refractivity (Wildman–Crippen MR) is 128 cm³/mol. The Morgan fingerprint density at radius 2 is 1.85 bits per heavy atom. The van der Waals surface area contributed by atoms with Crippen LogP contribution in [0.2, 0.25) is 0 Å². The third-order valence-corrected chi connectivity index (χ3v) is 6.48.